The number of nitrogens with one attached hydrogen (secondary N) is 2. The van der Waals surface area contributed by atoms with Gasteiger partial charge in [-0.15, -0.1) is 0 Å². The summed E-state index contributed by atoms with van der Waals surface area (Å²) in [7, 11) is 0. The minimum Gasteiger partial charge on any atom is -0.372 e. The first-order valence-corrected chi connectivity index (χ1v) is 7.43. The first kappa shape index (κ1) is 17.0. The van der Waals surface area contributed by atoms with Crippen LogP contribution in [0.3, 0.4) is 0 Å². The summed E-state index contributed by atoms with van der Waals surface area (Å²) >= 11 is 0. The van der Waals surface area contributed by atoms with Crippen LogP contribution in [0.1, 0.15) is 32.8 Å². The zero-order valence-corrected chi connectivity index (χ0v) is 13.3. The highest BCUT2D eigenvalue weighted by Gasteiger charge is 2.08. The van der Waals surface area contributed by atoms with Crippen LogP contribution >= 0.6 is 0 Å². The molecule has 116 valence electrons. The number of amides is 2. The van der Waals surface area contributed by atoms with Crippen LogP contribution in [0.15, 0.2) is 18.2 Å². The molecule has 0 bridgehead atoms. The molecular formula is C16H25N3O2. The van der Waals surface area contributed by atoms with Crippen molar-refractivity contribution in [2.24, 2.45) is 0 Å². The largest absolute Gasteiger partial charge is 0.372 e. The normalized spacial score (nSPS) is 10.1. The molecule has 1 aromatic rings. The summed E-state index contributed by atoms with van der Waals surface area (Å²) in [4.78, 5) is 25.2. The molecule has 5 heteroatoms. The maximum atomic E-state index is 11.8. The SMILES string of the molecule is CCC(=O)NCC(=O)Nc1ccc(N(CC)CC)cc1C. The smallest absolute Gasteiger partial charge is 0.243 e. The third-order valence-electron chi connectivity index (χ3n) is 3.38. The Bertz CT molecular complexity index is 496. The molecule has 0 saturated carbocycles. The van der Waals surface area contributed by atoms with Crippen LogP contribution in [-0.4, -0.2) is 31.4 Å². The van der Waals surface area contributed by atoms with Gasteiger partial charge >= 0.3 is 0 Å². The van der Waals surface area contributed by atoms with Crippen LogP contribution < -0.4 is 15.5 Å². The van der Waals surface area contributed by atoms with Crippen LogP contribution in [0.4, 0.5) is 11.4 Å². The summed E-state index contributed by atoms with van der Waals surface area (Å²) in [5, 5.41) is 5.38. The third kappa shape index (κ3) is 5.10. The van der Waals surface area contributed by atoms with Crippen LogP contribution in [0.25, 0.3) is 0 Å². The maximum Gasteiger partial charge on any atom is 0.243 e. The van der Waals surface area contributed by atoms with Gasteiger partial charge in [-0.05, 0) is 44.5 Å². The molecule has 0 fully saturated rings. The van der Waals surface area contributed by atoms with Gasteiger partial charge in [-0.3, -0.25) is 9.59 Å². The number of hydrogen-bond acceptors (Lipinski definition) is 3. The number of anilines is 2. The minimum absolute atomic E-state index is 0.00388. The van der Waals surface area contributed by atoms with E-state index >= 15 is 0 Å². The van der Waals surface area contributed by atoms with E-state index in [9.17, 15) is 9.59 Å². The van der Waals surface area contributed by atoms with Crippen molar-refractivity contribution in [1.29, 1.82) is 0 Å². The van der Waals surface area contributed by atoms with Gasteiger partial charge in [-0.1, -0.05) is 6.92 Å². The molecule has 0 spiro atoms. The molecule has 0 saturated heterocycles. The van der Waals surface area contributed by atoms with E-state index in [1.165, 1.54) is 0 Å². The number of nitrogens with zero attached hydrogens (tertiary/aromatic N) is 1. The average molecular weight is 291 g/mol. The van der Waals surface area contributed by atoms with E-state index in [1.54, 1.807) is 6.92 Å². The van der Waals surface area contributed by atoms with E-state index in [0.29, 0.717) is 6.42 Å². The van der Waals surface area contributed by atoms with Gasteiger partial charge in [0.05, 0.1) is 6.54 Å². The molecule has 1 rings (SSSR count). The quantitative estimate of drug-likeness (QED) is 0.810. The first-order valence-electron chi connectivity index (χ1n) is 7.43. The minimum atomic E-state index is -0.213. The van der Waals surface area contributed by atoms with Crippen molar-refractivity contribution in [1.82, 2.24) is 5.32 Å². The lowest BCUT2D eigenvalue weighted by atomic mass is 10.1. The van der Waals surface area contributed by atoms with E-state index < -0.39 is 0 Å². The Labute approximate surface area is 126 Å². The van der Waals surface area contributed by atoms with Crippen molar-refractivity contribution in [3.05, 3.63) is 23.8 Å². The van der Waals surface area contributed by atoms with Crippen molar-refractivity contribution in [3.8, 4) is 0 Å². The lowest BCUT2D eigenvalue weighted by Crippen LogP contribution is -2.32. The fourth-order valence-electron chi connectivity index (χ4n) is 2.07. The predicted molar refractivity (Wildman–Crippen MR) is 86.7 cm³/mol. The topological polar surface area (TPSA) is 61.4 Å². The molecule has 0 heterocycles. The second-order valence-corrected chi connectivity index (χ2v) is 4.85. The molecule has 5 nitrogen and oxygen atoms in total. The molecule has 2 N–H and O–H groups in total. The van der Waals surface area contributed by atoms with Crippen molar-refractivity contribution in [2.75, 3.05) is 29.9 Å². The fraction of sp³-hybridized carbons (Fsp3) is 0.500. The summed E-state index contributed by atoms with van der Waals surface area (Å²) in [5.74, 6) is -0.339. The summed E-state index contributed by atoms with van der Waals surface area (Å²) in [6, 6.07) is 5.97. The Balaban J connectivity index is 2.68. The molecule has 0 atom stereocenters. The molecule has 0 aromatic heterocycles. The number of carbonyl (C=O) groups excluding carboxylic acids is 2. The van der Waals surface area contributed by atoms with E-state index in [2.05, 4.69) is 35.4 Å². The molecule has 0 unspecified atom stereocenters. The molecule has 2 amide bonds. The Hall–Kier alpha value is -2.04. The number of hydrogen-bond donors (Lipinski definition) is 2. The number of carbonyl (C=O) groups is 2. The summed E-state index contributed by atoms with van der Waals surface area (Å²) in [5.41, 5.74) is 2.94. The Morgan fingerprint density at radius 1 is 1.10 bits per heavy atom. The second kappa shape index (κ2) is 8.29. The maximum absolute atomic E-state index is 11.8. The molecule has 0 aliphatic carbocycles. The van der Waals surface area contributed by atoms with Crippen molar-refractivity contribution in [3.63, 3.8) is 0 Å². The van der Waals surface area contributed by atoms with Crippen LogP contribution in [-0.2, 0) is 9.59 Å². The third-order valence-corrected chi connectivity index (χ3v) is 3.38. The molecule has 0 radical (unpaired) electrons. The number of aryl methyl sites for hydroxylation is 1. The fourth-order valence-corrected chi connectivity index (χ4v) is 2.07. The summed E-state index contributed by atoms with van der Waals surface area (Å²) in [6.45, 7) is 9.85. The van der Waals surface area contributed by atoms with Crippen LogP contribution in [0.5, 0.6) is 0 Å². The van der Waals surface area contributed by atoms with Gasteiger partial charge in [0.2, 0.25) is 11.8 Å². The van der Waals surface area contributed by atoms with Gasteiger partial charge in [-0.25, -0.2) is 0 Å². The van der Waals surface area contributed by atoms with Gasteiger partial charge in [0.25, 0.3) is 0 Å². The van der Waals surface area contributed by atoms with Crippen LogP contribution in [0, 0.1) is 6.92 Å². The molecular weight excluding hydrogens is 266 g/mol. The van der Waals surface area contributed by atoms with Gasteiger partial charge in [0, 0.05) is 30.9 Å². The Morgan fingerprint density at radius 3 is 2.29 bits per heavy atom. The van der Waals surface area contributed by atoms with E-state index in [-0.39, 0.29) is 18.4 Å². The van der Waals surface area contributed by atoms with Gasteiger partial charge in [0.15, 0.2) is 0 Å². The van der Waals surface area contributed by atoms with Gasteiger partial charge in [-0.2, -0.15) is 0 Å². The highest BCUT2D eigenvalue weighted by Crippen LogP contribution is 2.22. The van der Waals surface area contributed by atoms with Crippen molar-refractivity contribution < 1.29 is 9.59 Å². The standard InChI is InChI=1S/C16H25N3O2/c1-5-15(20)17-11-16(21)18-14-9-8-13(10-12(14)4)19(6-2)7-3/h8-10H,5-7,11H2,1-4H3,(H,17,20)(H,18,21). The highest BCUT2D eigenvalue weighted by molar-refractivity contribution is 5.95. The van der Waals surface area contributed by atoms with E-state index in [1.807, 2.05) is 19.1 Å². The van der Waals surface area contributed by atoms with Gasteiger partial charge in [0.1, 0.15) is 0 Å². The second-order valence-electron chi connectivity index (χ2n) is 4.85. The highest BCUT2D eigenvalue weighted by atomic mass is 16.2. The summed E-state index contributed by atoms with van der Waals surface area (Å²) in [6.07, 6.45) is 0.380. The van der Waals surface area contributed by atoms with Crippen LogP contribution in [0.2, 0.25) is 0 Å². The average Bonchev–Trinajstić information content (AvgIpc) is 2.48. The van der Waals surface area contributed by atoms with Gasteiger partial charge < -0.3 is 15.5 Å². The zero-order chi connectivity index (χ0) is 15.8. The monoisotopic (exact) mass is 291 g/mol. The lowest BCUT2D eigenvalue weighted by Gasteiger charge is -2.22. The Morgan fingerprint density at radius 2 is 1.76 bits per heavy atom. The zero-order valence-electron chi connectivity index (χ0n) is 13.3. The first-order chi connectivity index (χ1) is 10.0. The number of benzene rings is 1. The van der Waals surface area contributed by atoms with E-state index in [0.717, 1.165) is 30.0 Å². The molecule has 1 aromatic carbocycles. The van der Waals surface area contributed by atoms with Crippen molar-refractivity contribution >= 4 is 23.2 Å². The van der Waals surface area contributed by atoms with E-state index in [4.69, 9.17) is 0 Å². The van der Waals surface area contributed by atoms with Crippen molar-refractivity contribution in [2.45, 2.75) is 34.1 Å². The molecule has 0 aliphatic heterocycles. The predicted octanol–water partition coefficient (Wildman–Crippen LogP) is 2.31. The molecule has 0 aliphatic rings. The summed E-state index contributed by atoms with van der Waals surface area (Å²) < 4.78 is 0. The number of rotatable bonds is 7. The molecule has 21 heavy (non-hydrogen) atoms. The lowest BCUT2D eigenvalue weighted by molar-refractivity contribution is -0.123. The Kier molecular flexibility index (Phi) is 6.72.